The fraction of sp³-hybridized carbons (Fsp3) is 0.172. The number of fused-ring (bicyclic) bond motifs is 3. The summed E-state index contributed by atoms with van der Waals surface area (Å²) in [6.45, 7) is 1.98. The van der Waals surface area contributed by atoms with Crippen molar-refractivity contribution in [2.45, 2.75) is 19.5 Å². The monoisotopic (exact) mass is 508 g/mol. The summed E-state index contributed by atoms with van der Waals surface area (Å²) in [5.41, 5.74) is 4.52. The Kier molecular flexibility index (Phi) is 6.94. The molecule has 0 spiro atoms. The van der Waals surface area contributed by atoms with Gasteiger partial charge in [-0.1, -0.05) is 12.2 Å². The summed E-state index contributed by atoms with van der Waals surface area (Å²) in [5.74, 6) is -1.07. The molecule has 0 bridgehead atoms. The van der Waals surface area contributed by atoms with Gasteiger partial charge in [-0.25, -0.2) is 14.2 Å². The number of hydrogen-bond donors (Lipinski definition) is 1. The zero-order valence-corrected chi connectivity index (χ0v) is 20.3. The summed E-state index contributed by atoms with van der Waals surface area (Å²) in [4.78, 5) is 19.0. The molecule has 1 aliphatic rings. The van der Waals surface area contributed by atoms with Crippen LogP contribution in [0.15, 0.2) is 60.8 Å². The number of nitriles is 2. The summed E-state index contributed by atoms with van der Waals surface area (Å²) in [6, 6.07) is 16.2. The number of nitrogens with one attached hydrogen (secondary N) is 1. The normalized spacial score (nSPS) is 13.3. The molecule has 4 aromatic rings. The maximum Gasteiger partial charge on any atom is 0.326 e. The van der Waals surface area contributed by atoms with E-state index in [1.165, 1.54) is 24.4 Å². The molecule has 0 aliphatic carbocycles. The number of amides is 1. The van der Waals surface area contributed by atoms with Crippen LogP contribution in [0.2, 0.25) is 0 Å². The third-order valence-corrected chi connectivity index (χ3v) is 6.52. The van der Waals surface area contributed by atoms with E-state index in [9.17, 15) is 18.8 Å². The van der Waals surface area contributed by atoms with E-state index in [2.05, 4.69) is 21.3 Å². The maximum atomic E-state index is 13.7. The van der Waals surface area contributed by atoms with Gasteiger partial charge in [-0.2, -0.15) is 14.9 Å². The van der Waals surface area contributed by atoms with Crippen molar-refractivity contribution in [3.8, 4) is 12.1 Å². The third kappa shape index (κ3) is 5.15. The topological polar surface area (TPSA) is 97.7 Å². The molecule has 2 aromatic heterocycles. The molecule has 0 atom stereocenters. The van der Waals surface area contributed by atoms with Crippen LogP contribution < -0.4 is 5.32 Å². The van der Waals surface area contributed by atoms with Gasteiger partial charge in [0.2, 0.25) is 5.95 Å². The standard InChI is InChI=1S/C29H22F2N6O/c30-23-11-19(10-22(12-23)16-33)2-1-8-36-9-6-27-25(18-36)24-13-20(15-32)3-4-26(24)37(27)29(38)35-17-21-5-7-34-28(31)14-21/h1-5,7,10-14H,6,8-9,17-18H2,(H,35,38). The average Bonchev–Trinajstić information content (AvgIpc) is 3.24. The number of carbonyl (C=O) groups is 1. The highest BCUT2D eigenvalue weighted by Crippen LogP contribution is 2.31. The Morgan fingerprint density at radius 3 is 2.71 bits per heavy atom. The van der Waals surface area contributed by atoms with Crippen LogP contribution in [0.25, 0.3) is 17.0 Å². The van der Waals surface area contributed by atoms with Crippen molar-refractivity contribution in [1.29, 1.82) is 10.5 Å². The highest BCUT2D eigenvalue weighted by atomic mass is 19.1. The van der Waals surface area contributed by atoms with Crippen molar-refractivity contribution in [3.63, 3.8) is 0 Å². The van der Waals surface area contributed by atoms with Gasteiger partial charge in [-0.05, 0) is 65.2 Å². The SMILES string of the molecule is N#Cc1cc(F)cc(C=CCN2CCc3c(c4cc(C#N)ccc4n3C(=O)NCc3ccnc(F)c3)C2)c1. The molecule has 0 saturated carbocycles. The fourth-order valence-corrected chi connectivity index (χ4v) is 4.79. The minimum Gasteiger partial charge on any atom is -0.333 e. The van der Waals surface area contributed by atoms with E-state index in [1.807, 2.05) is 12.1 Å². The zero-order chi connectivity index (χ0) is 26.6. The first-order valence-corrected chi connectivity index (χ1v) is 12.0. The van der Waals surface area contributed by atoms with Gasteiger partial charge in [0, 0.05) is 49.9 Å². The molecule has 1 N–H and O–H groups in total. The van der Waals surface area contributed by atoms with Crippen LogP contribution in [-0.4, -0.2) is 33.6 Å². The summed E-state index contributed by atoms with van der Waals surface area (Å²) in [5, 5.41) is 22.2. The van der Waals surface area contributed by atoms with Crippen LogP contribution in [-0.2, 0) is 19.5 Å². The van der Waals surface area contributed by atoms with Crippen LogP contribution >= 0.6 is 0 Å². The first-order chi connectivity index (χ1) is 18.4. The highest BCUT2D eigenvalue weighted by Gasteiger charge is 2.26. The van der Waals surface area contributed by atoms with Crippen molar-refractivity contribution < 1.29 is 13.6 Å². The highest BCUT2D eigenvalue weighted by molar-refractivity contribution is 5.96. The average molecular weight is 509 g/mol. The van der Waals surface area contributed by atoms with Gasteiger partial charge < -0.3 is 5.32 Å². The van der Waals surface area contributed by atoms with Gasteiger partial charge in [0.1, 0.15) is 5.82 Å². The van der Waals surface area contributed by atoms with Crippen LogP contribution in [0.4, 0.5) is 13.6 Å². The molecule has 0 saturated heterocycles. The lowest BCUT2D eigenvalue weighted by molar-refractivity contribution is 0.240. The van der Waals surface area contributed by atoms with E-state index in [0.717, 1.165) is 16.6 Å². The molecule has 0 radical (unpaired) electrons. The molecule has 1 aliphatic heterocycles. The van der Waals surface area contributed by atoms with Crippen molar-refractivity contribution in [1.82, 2.24) is 19.8 Å². The molecule has 38 heavy (non-hydrogen) atoms. The summed E-state index contributed by atoms with van der Waals surface area (Å²) in [6.07, 6.45) is 5.66. The van der Waals surface area contributed by atoms with Crippen molar-refractivity contribution in [2.75, 3.05) is 13.1 Å². The van der Waals surface area contributed by atoms with Crippen molar-refractivity contribution in [3.05, 3.63) is 106 Å². The molecule has 7 nitrogen and oxygen atoms in total. The van der Waals surface area contributed by atoms with Gasteiger partial charge in [0.25, 0.3) is 0 Å². The van der Waals surface area contributed by atoms with Gasteiger partial charge in [-0.3, -0.25) is 9.47 Å². The van der Waals surface area contributed by atoms with Gasteiger partial charge in [0.15, 0.2) is 0 Å². The van der Waals surface area contributed by atoms with Crippen LogP contribution in [0.5, 0.6) is 0 Å². The largest absolute Gasteiger partial charge is 0.333 e. The number of carbonyl (C=O) groups excluding carboxylic acids is 1. The van der Waals surface area contributed by atoms with E-state index >= 15 is 0 Å². The van der Waals surface area contributed by atoms with Crippen molar-refractivity contribution >= 4 is 23.0 Å². The predicted octanol–water partition coefficient (Wildman–Crippen LogP) is 4.89. The first-order valence-electron chi connectivity index (χ1n) is 12.0. The maximum absolute atomic E-state index is 13.7. The quantitative estimate of drug-likeness (QED) is 0.387. The number of rotatable bonds is 5. The molecule has 3 heterocycles. The Hall–Kier alpha value is -4.86. The minimum atomic E-state index is -0.610. The van der Waals surface area contributed by atoms with E-state index in [-0.39, 0.29) is 18.1 Å². The van der Waals surface area contributed by atoms with Crippen LogP contribution in [0, 0.1) is 34.4 Å². The Labute approximate surface area is 217 Å². The summed E-state index contributed by atoms with van der Waals surface area (Å²) < 4.78 is 28.8. The Morgan fingerprint density at radius 2 is 1.92 bits per heavy atom. The van der Waals surface area contributed by atoms with Crippen molar-refractivity contribution in [2.24, 2.45) is 0 Å². The number of halogens is 2. The molecule has 9 heteroatoms. The lowest BCUT2D eigenvalue weighted by atomic mass is 10.0. The number of benzene rings is 2. The Bertz CT molecular complexity index is 1660. The molecular formula is C29H22F2N6O. The van der Waals surface area contributed by atoms with E-state index in [0.29, 0.717) is 48.3 Å². The van der Waals surface area contributed by atoms with Gasteiger partial charge in [0.05, 0.1) is 28.8 Å². The molecule has 5 rings (SSSR count). The summed E-state index contributed by atoms with van der Waals surface area (Å²) >= 11 is 0. The van der Waals surface area contributed by atoms with Crippen LogP contribution in [0.1, 0.15) is 33.5 Å². The fourth-order valence-electron chi connectivity index (χ4n) is 4.79. The lowest BCUT2D eigenvalue weighted by Gasteiger charge is -2.27. The summed E-state index contributed by atoms with van der Waals surface area (Å²) in [7, 11) is 0. The molecule has 0 fully saturated rings. The molecule has 188 valence electrons. The number of aromatic nitrogens is 2. The van der Waals surface area contributed by atoms with Crippen LogP contribution in [0.3, 0.4) is 0 Å². The second-order valence-electron chi connectivity index (χ2n) is 9.02. The minimum absolute atomic E-state index is 0.146. The zero-order valence-electron chi connectivity index (χ0n) is 20.3. The predicted molar refractivity (Wildman–Crippen MR) is 138 cm³/mol. The molecule has 1 amide bonds. The second kappa shape index (κ2) is 10.6. The third-order valence-electron chi connectivity index (χ3n) is 6.52. The van der Waals surface area contributed by atoms with E-state index in [1.54, 1.807) is 41.0 Å². The van der Waals surface area contributed by atoms with Gasteiger partial charge in [-0.15, -0.1) is 0 Å². The Balaban J connectivity index is 1.39. The molecular weight excluding hydrogens is 486 g/mol. The van der Waals surface area contributed by atoms with Gasteiger partial charge >= 0.3 is 6.03 Å². The first kappa shape index (κ1) is 24.8. The van der Waals surface area contributed by atoms with E-state index in [4.69, 9.17) is 5.26 Å². The Morgan fingerprint density at radius 1 is 1.08 bits per heavy atom. The smallest absolute Gasteiger partial charge is 0.326 e. The second-order valence-corrected chi connectivity index (χ2v) is 9.02. The van der Waals surface area contributed by atoms with E-state index < -0.39 is 11.8 Å². The molecule has 0 unspecified atom stereocenters. The number of nitrogens with zero attached hydrogens (tertiary/aromatic N) is 5. The lowest BCUT2D eigenvalue weighted by Crippen LogP contribution is -2.34. The molecule has 2 aromatic carbocycles. The number of hydrogen-bond acceptors (Lipinski definition) is 5. The number of pyridine rings is 1.